The van der Waals surface area contributed by atoms with Crippen molar-refractivity contribution in [3.63, 3.8) is 0 Å². The molecule has 0 atom stereocenters. The predicted molar refractivity (Wildman–Crippen MR) is 85.2 cm³/mol. The van der Waals surface area contributed by atoms with E-state index < -0.39 is 10.9 Å². The van der Waals surface area contributed by atoms with Crippen molar-refractivity contribution in [1.82, 2.24) is 19.5 Å². The molecule has 0 radical (unpaired) electrons. The van der Waals surface area contributed by atoms with Gasteiger partial charge in [0.15, 0.2) is 11.2 Å². The van der Waals surface area contributed by atoms with Crippen LogP contribution in [0.15, 0.2) is 36.4 Å². The number of hydrogen-bond acceptors (Lipinski definition) is 13. The second-order valence-electron chi connectivity index (χ2n) is 4.44. The highest BCUT2D eigenvalue weighted by molar-refractivity contribution is 7.09. The smallest absolute Gasteiger partial charge is 0.341 e. The average molecular weight is 362 g/mol. The number of aromatic nitrogens is 4. The molecule has 2 aromatic heterocycles. The summed E-state index contributed by atoms with van der Waals surface area (Å²) < 4.78 is 13.5. The predicted octanol–water partition coefficient (Wildman–Crippen LogP) is -1.31. The molecule has 0 aliphatic heterocycles. The van der Waals surface area contributed by atoms with E-state index in [4.69, 9.17) is 9.26 Å². The molecule has 25 heavy (non-hydrogen) atoms. The molecular weight excluding hydrogens is 352 g/mol. The number of aryl methyl sites for hydroxylation is 1. The molecule has 13 heteroatoms. The molecule has 0 saturated heterocycles. The Morgan fingerprint density at radius 3 is 2.72 bits per heavy atom. The number of nitrogens with one attached hydrogen (secondary N) is 2. The molecule has 0 unspecified atom stereocenters. The van der Waals surface area contributed by atoms with Crippen molar-refractivity contribution in [3.05, 3.63) is 49.1 Å². The second kappa shape index (κ2) is 6.96. The first kappa shape index (κ1) is 16.4. The van der Waals surface area contributed by atoms with Gasteiger partial charge in [0.25, 0.3) is 0 Å². The molecule has 2 N–H and O–H groups in total. The Kier molecular flexibility index (Phi) is 4.56. The van der Waals surface area contributed by atoms with Gasteiger partial charge in [0.05, 0.1) is 7.11 Å². The minimum Gasteiger partial charge on any atom is -0.466 e. The monoisotopic (exact) mass is 362 g/mol. The number of hydrogen-bond donors (Lipinski definition) is 2. The van der Waals surface area contributed by atoms with Crippen molar-refractivity contribution >= 4 is 22.7 Å². The third kappa shape index (κ3) is 3.72. The molecule has 1 aromatic carbocycles. The maximum atomic E-state index is 12.3. The number of nitrogens with zero attached hydrogens (tertiary/aromatic N) is 6. The van der Waals surface area contributed by atoms with Crippen LogP contribution in [0.4, 0.5) is 11.1 Å². The lowest BCUT2D eigenvalue weighted by atomic mass is 10.3. The Hall–Kier alpha value is -3.48. The summed E-state index contributed by atoms with van der Waals surface area (Å²) in [5.74, 6) is 0.378. The highest BCUT2D eigenvalue weighted by Gasteiger charge is 2.05. The van der Waals surface area contributed by atoms with Crippen LogP contribution in [0.2, 0.25) is 0 Å². The lowest BCUT2D eigenvalue weighted by Crippen LogP contribution is -2.47. The van der Waals surface area contributed by atoms with E-state index in [1.54, 1.807) is 6.92 Å². The summed E-state index contributed by atoms with van der Waals surface area (Å²) in [7, 11) is 1.43. The summed E-state index contributed by atoms with van der Waals surface area (Å²) in [6.45, 7) is 1.61. The largest absolute Gasteiger partial charge is 0.466 e. The van der Waals surface area contributed by atoms with Crippen LogP contribution >= 0.6 is 11.5 Å². The van der Waals surface area contributed by atoms with Gasteiger partial charge in [-0.25, -0.2) is 5.43 Å². The number of anilines is 2. The van der Waals surface area contributed by atoms with Crippen LogP contribution in [0.3, 0.4) is 0 Å². The van der Waals surface area contributed by atoms with Gasteiger partial charge in [-0.05, 0) is 19.1 Å². The molecular formula is C12H10N8O4S. The first-order valence-electron chi connectivity index (χ1n) is 6.69. The molecule has 3 rings (SSSR count). The Balaban J connectivity index is 1.92. The second-order valence-corrected chi connectivity index (χ2v) is 5.19. The highest BCUT2D eigenvalue weighted by Crippen LogP contribution is 2.14. The zero-order valence-corrected chi connectivity index (χ0v) is 13.7. The lowest BCUT2D eigenvalue weighted by Gasteiger charge is -1.92. The first-order valence-corrected chi connectivity index (χ1v) is 7.46. The van der Waals surface area contributed by atoms with Gasteiger partial charge >= 0.3 is 12.0 Å². The summed E-state index contributed by atoms with van der Waals surface area (Å²) in [6, 6.07) is 2.57. The molecule has 0 spiro atoms. The highest BCUT2D eigenvalue weighted by atomic mass is 32.1. The van der Waals surface area contributed by atoms with Crippen LogP contribution < -0.4 is 37.2 Å². The van der Waals surface area contributed by atoms with Crippen molar-refractivity contribution in [2.45, 2.75) is 6.92 Å². The van der Waals surface area contributed by atoms with E-state index in [1.807, 2.05) is 0 Å². The Labute approximate surface area is 142 Å². The van der Waals surface area contributed by atoms with Crippen molar-refractivity contribution in [3.8, 4) is 6.01 Å². The molecule has 0 aliphatic rings. The van der Waals surface area contributed by atoms with Gasteiger partial charge in [-0.15, -0.1) is 4.37 Å². The third-order valence-electron chi connectivity index (χ3n) is 2.73. The van der Waals surface area contributed by atoms with E-state index in [0.717, 1.165) is 11.5 Å². The fourth-order valence-corrected chi connectivity index (χ4v) is 2.11. The van der Waals surface area contributed by atoms with E-state index >= 15 is 0 Å². The molecule has 0 aliphatic carbocycles. The van der Waals surface area contributed by atoms with E-state index in [2.05, 4.69) is 40.6 Å². The van der Waals surface area contributed by atoms with Crippen LogP contribution in [0, 0.1) is 6.92 Å². The molecule has 2 heterocycles. The lowest BCUT2D eigenvalue weighted by molar-refractivity contribution is 0.386. The van der Waals surface area contributed by atoms with Gasteiger partial charge in [-0.1, -0.05) is 5.16 Å². The van der Waals surface area contributed by atoms with E-state index in [-0.39, 0.29) is 22.7 Å². The SMILES string of the molecule is COc1nsc(N/N=c2\ccc(=O)/c(=N\Nc3nc(C)no3)c2=O)n1. The number of methoxy groups -OCH3 is 1. The summed E-state index contributed by atoms with van der Waals surface area (Å²) in [5, 5.41) is 11.1. The number of rotatable bonds is 5. The minimum atomic E-state index is -0.680. The van der Waals surface area contributed by atoms with Crippen molar-refractivity contribution in [2.24, 2.45) is 10.2 Å². The molecule has 128 valence electrons. The van der Waals surface area contributed by atoms with Crippen molar-refractivity contribution in [1.29, 1.82) is 0 Å². The zero-order chi connectivity index (χ0) is 17.8. The van der Waals surface area contributed by atoms with Crippen LogP contribution in [0.5, 0.6) is 6.01 Å². The standard InChI is InChI=1S/C12H10N8O4S/c1-5-13-10(24-19-5)17-16-8-7(21)4-3-6(9(8)22)15-18-12-14-11(23-2)20-25-12/h3-4H,1-2H3,(H,13,17,19)(H,14,18,20)/b15-6+,16-8+. The Morgan fingerprint density at radius 1 is 1.20 bits per heavy atom. The molecule has 0 fully saturated rings. The average Bonchev–Trinajstić information content (AvgIpc) is 3.22. The minimum absolute atomic E-state index is 0.0315. The molecule has 3 aromatic rings. The maximum Gasteiger partial charge on any atom is 0.341 e. The van der Waals surface area contributed by atoms with Crippen LogP contribution in [-0.4, -0.2) is 26.6 Å². The van der Waals surface area contributed by atoms with E-state index in [0.29, 0.717) is 11.0 Å². The molecule has 0 bridgehead atoms. The Morgan fingerprint density at radius 2 is 2.04 bits per heavy atom. The normalized spacial score (nSPS) is 12.4. The topological polar surface area (TPSA) is 157 Å². The van der Waals surface area contributed by atoms with Gasteiger partial charge in [0.2, 0.25) is 16.0 Å². The van der Waals surface area contributed by atoms with Gasteiger partial charge in [-0.2, -0.15) is 20.2 Å². The molecule has 0 amide bonds. The molecule has 0 saturated carbocycles. The van der Waals surface area contributed by atoms with Gasteiger partial charge in [0.1, 0.15) is 5.36 Å². The Bertz CT molecular complexity index is 1110. The quantitative estimate of drug-likeness (QED) is 0.522. The fraction of sp³-hybridized carbons (Fsp3) is 0.167. The van der Waals surface area contributed by atoms with Crippen LogP contribution in [-0.2, 0) is 0 Å². The van der Waals surface area contributed by atoms with E-state index in [1.165, 1.54) is 19.2 Å². The molecule has 12 nitrogen and oxygen atoms in total. The summed E-state index contributed by atoms with van der Waals surface area (Å²) >= 11 is 0.998. The first-order chi connectivity index (χ1) is 12.1. The fourth-order valence-electron chi connectivity index (χ4n) is 1.63. The van der Waals surface area contributed by atoms with Crippen molar-refractivity contribution in [2.75, 3.05) is 18.0 Å². The van der Waals surface area contributed by atoms with Crippen LogP contribution in [0.25, 0.3) is 0 Å². The summed E-state index contributed by atoms with van der Waals surface area (Å²) in [5.41, 5.74) is 3.67. The van der Waals surface area contributed by atoms with Crippen molar-refractivity contribution < 1.29 is 9.26 Å². The number of ether oxygens (including phenoxy) is 1. The summed E-state index contributed by atoms with van der Waals surface area (Å²) in [4.78, 5) is 31.9. The third-order valence-corrected chi connectivity index (χ3v) is 3.33. The van der Waals surface area contributed by atoms with Gasteiger partial charge in [-0.3, -0.25) is 15.0 Å². The number of benzene rings is 1. The maximum absolute atomic E-state index is 12.3. The summed E-state index contributed by atoms with van der Waals surface area (Å²) in [6.07, 6.45) is 0. The van der Waals surface area contributed by atoms with Gasteiger partial charge in [0, 0.05) is 11.5 Å². The van der Waals surface area contributed by atoms with Gasteiger partial charge < -0.3 is 9.26 Å². The zero-order valence-electron chi connectivity index (χ0n) is 12.9. The van der Waals surface area contributed by atoms with E-state index in [9.17, 15) is 9.59 Å². The van der Waals surface area contributed by atoms with Crippen LogP contribution in [0.1, 0.15) is 5.82 Å².